The Labute approximate surface area is 161 Å². The van der Waals surface area contributed by atoms with Crippen molar-refractivity contribution in [3.05, 3.63) is 96.3 Å². The smallest absolute Gasteiger partial charge is 0.258 e. The second kappa shape index (κ2) is 7.60. The van der Waals surface area contributed by atoms with E-state index in [9.17, 15) is 10.1 Å². The molecule has 0 atom stereocenters. The number of benzene rings is 2. The molecule has 0 spiro atoms. The van der Waals surface area contributed by atoms with Crippen LogP contribution in [0.25, 0.3) is 22.5 Å². The largest absolute Gasteiger partial charge is 0.438 e. The van der Waals surface area contributed by atoms with Gasteiger partial charge in [-0.25, -0.2) is 0 Å². The number of nitriles is 1. The highest BCUT2D eigenvalue weighted by Gasteiger charge is 2.24. The van der Waals surface area contributed by atoms with Crippen molar-refractivity contribution >= 4 is 11.8 Å². The number of carbonyl (C=O) groups is 1. The molecule has 0 fully saturated rings. The number of nitrogens with zero attached hydrogens (tertiary/aromatic N) is 2. The molecule has 2 aromatic carbocycles. The summed E-state index contributed by atoms with van der Waals surface area (Å²) in [5, 5.41) is 12.6. The summed E-state index contributed by atoms with van der Waals surface area (Å²) in [5.74, 6) is 0.294. The van der Waals surface area contributed by atoms with E-state index >= 15 is 0 Å². The van der Waals surface area contributed by atoms with Gasteiger partial charge >= 0.3 is 0 Å². The first kappa shape index (κ1) is 17.3. The molecule has 0 saturated carbocycles. The molecule has 0 radical (unpaired) electrons. The fourth-order valence-electron chi connectivity index (χ4n) is 2.98. The molecule has 1 amide bonds. The maximum Gasteiger partial charge on any atom is 0.258 e. The van der Waals surface area contributed by atoms with Crippen molar-refractivity contribution in [3.8, 4) is 28.5 Å². The lowest BCUT2D eigenvalue weighted by atomic mass is 9.98. The van der Waals surface area contributed by atoms with E-state index in [0.29, 0.717) is 16.9 Å². The number of hydrogen-bond donors (Lipinski definition) is 1. The van der Waals surface area contributed by atoms with Gasteiger partial charge in [0.2, 0.25) is 5.88 Å². The molecular weight excluding hydrogens is 350 g/mol. The Balaban J connectivity index is 1.85. The molecule has 0 aliphatic carbocycles. The van der Waals surface area contributed by atoms with E-state index in [1.54, 1.807) is 12.1 Å². The molecule has 134 valence electrons. The van der Waals surface area contributed by atoms with Crippen molar-refractivity contribution in [1.29, 1.82) is 5.26 Å². The SMILES string of the molecule is N#Cc1c(NC(=O)c2ccncc2)oc(-c2ccccc2)c1-c1ccccc1. The van der Waals surface area contributed by atoms with Gasteiger partial charge in [0.15, 0.2) is 0 Å². The number of aromatic nitrogens is 1. The van der Waals surface area contributed by atoms with Gasteiger partial charge in [-0.3, -0.25) is 15.1 Å². The van der Waals surface area contributed by atoms with Crippen molar-refractivity contribution in [1.82, 2.24) is 4.98 Å². The van der Waals surface area contributed by atoms with Crippen LogP contribution < -0.4 is 5.32 Å². The molecule has 4 aromatic rings. The second-order valence-corrected chi connectivity index (χ2v) is 6.04. The average Bonchev–Trinajstić information content (AvgIpc) is 3.13. The number of pyridine rings is 1. The molecule has 2 heterocycles. The lowest BCUT2D eigenvalue weighted by molar-refractivity contribution is 0.102. The van der Waals surface area contributed by atoms with E-state index in [0.717, 1.165) is 11.1 Å². The molecule has 5 heteroatoms. The number of nitrogens with one attached hydrogen (secondary N) is 1. The summed E-state index contributed by atoms with van der Waals surface area (Å²) in [7, 11) is 0. The lowest BCUT2D eigenvalue weighted by Gasteiger charge is -2.03. The van der Waals surface area contributed by atoms with Crippen LogP contribution in [-0.2, 0) is 0 Å². The minimum atomic E-state index is -0.369. The maximum absolute atomic E-state index is 12.6. The van der Waals surface area contributed by atoms with Crippen LogP contribution in [0.2, 0.25) is 0 Å². The second-order valence-electron chi connectivity index (χ2n) is 6.04. The van der Waals surface area contributed by atoms with Gasteiger partial charge in [0.25, 0.3) is 5.91 Å². The Morgan fingerprint density at radius 1 is 0.893 bits per heavy atom. The summed E-state index contributed by atoms with van der Waals surface area (Å²) in [4.78, 5) is 16.5. The van der Waals surface area contributed by atoms with E-state index in [-0.39, 0.29) is 17.4 Å². The summed E-state index contributed by atoms with van der Waals surface area (Å²) >= 11 is 0. The first-order valence-electron chi connectivity index (χ1n) is 8.67. The van der Waals surface area contributed by atoms with Gasteiger partial charge in [-0.1, -0.05) is 60.7 Å². The highest BCUT2D eigenvalue weighted by molar-refractivity contribution is 6.05. The van der Waals surface area contributed by atoms with E-state index in [2.05, 4.69) is 16.4 Å². The van der Waals surface area contributed by atoms with E-state index in [1.165, 1.54) is 12.4 Å². The number of anilines is 1. The molecule has 0 aliphatic rings. The van der Waals surface area contributed by atoms with Crippen molar-refractivity contribution in [2.75, 3.05) is 5.32 Å². The van der Waals surface area contributed by atoms with E-state index in [4.69, 9.17) is 4.42 Å². The van der Waals surface area contributed by atoms with Gasteiger partial charge in [0.1, 0.15) is 17.4 Å². The fourth-order valence-corrected chi connectivity index (χ4v) is 2.98. The third-order valence-corrected chi connectivity index (χ3v) is 4.29. The fraction of sp³-hybridized carbons (Fsp3) is 0. The number of carbonyl (C=O) groups excluding carboxylic acids is 1. The molecule has 2 aromatic heterocycles. The number of rotatable bonds is 4. The lowest BCUT2D eigenvalue weighted by Crippen LogP contribution is -2.12. The Morgan fingerprint density at radius 2 is 1.50 bits per heavy atom. The number of amides is 1. The molecule has 4 rings (SSSR count). The summed E-state index contributed by atoms with van der Waals surface area (Å²) in [6.45, 7) is 0. The van der Waals surface area contributed by atoms with Crippen LogP contribution in [0.1, 0.15) is 15.9 Å². The molecule has 0 unspecified atom stereocenters. The summed E-state index contributed by atoms with van der Waals surface area (Å²) in [6, 6.07) is 24.4. The van der Waals surface area contributed by atoms with Crippen LogP contribution in [0.3, 0.4) is 0 Å². The quantitative estimate of drug-likeness (QED) is 0.543. The van der Waals surface area contributed by atoms with E-state index < -0.39 is 0 Å². The maximum atomic E-state index is 12.6. The summed E-state index contributed by atoms with van der Waals surface area (Å²) in [6.07, 6.45) is 3.07. The van der Waals surface area contributed by atoms with E-state index in [1.807, 2.05) is 60.7 Å². The average molecular weight is 365 g/mol. The Kier molecular flexibility index (Phi) is 4.68. The monoisotopic (exact) mass is 365 g/mol. The number of hydrogen-bond acceptors (Lipinski definition) is 4. The minimum absolute atomic E-state index is 0.127. The third kappa shape index (κ3) is 3.27. The highest BCUT2D eigenvalue weighted by Crippen LogP contribution is 2.41. The predicted molar refractivity (Wildman–Crippen MR) is 106 cm³/mol. The normalized spacial score (nSPS) is 10.2. The van der Waals surface area contributed by atoms with Crippen LogP contribution in [0.15, 0.2) is 89.6 Å². The standard InChI is InChI=1S/C23H15N3O2/c24-15-19-20(16-7-3-1-4-8-16)21(17-9-5-2-6-10-17)28-23(19)26-22(27)18-11-13-25-14-12-18/h1-14H,(H,26,27). The van der Waals surface area contributed by atoms with Crippen LogP contribution >= 0.6 is 0 Å². The zero-order chi connectivity index (χ0) is 19.3. The number of furan rings is 1. The minimum Gasteiger partial charge on any atom is -0.438 e. The van der Waals surface area contributed by atoms with Crippen LogP contribution in [0.5, 0.6) is 0 Å². The van der Waals surface area contributed by atoms with Gasteiger partial charge in [0.05, 0.1) is 0 Å². The molecular formula is C23H15N3O2. The summed E-state index contributed by atoms with van der Waals surface area (Å²) < 4.78 is 6.00. The Morgan fingerprint density at radius 3 is 2.11 bits per heavy atom. The highest BCUT2D eigenvalue weighted by atomic mass is 16.4. The zero-order valence-corrected chi connectivity index (χ0v) is 14.8. The molecule has 5 nitrogen and oxygen atoms in total. The zero-order valence-electron chi connectivity index (χ0n) is 14.8. The predicted octanol–water partition coefficient (Wildman–Crippen LogP) is 5.13. The van der Waals surface area contributed by atoms with Gasteiger partial charge in [-0.2, -0.15) is 5.26 Å². The third-order valence-electron chi connectivity index (χ3n) is 4.29. The summed E-state index contributed by atoms with van der Waals surface area (Å²) in [5.41, 5.74) is 3.03. The Hall–Kier alpha value is -4.17. The van der Waals surface area contributed by atoms with Gasteiger partial charge in [0, 0.05) is 29.1 Å². The molecule has 0 bridgehead atoms. The van der Waals surface area contributed by atoms with Crippen molar-refractivity contribution in [2.45, 2.75) is 0 Å². The molecule has 0 saturated heterocycles. The molecule has 28 heavy (non-hydrogen) atoms. The van der Waals surface area contributed by atoms with Gasteiger partial charge < -0.3 is 4.42 Å². The van der Waals surface area contributed by atoms with Crippen LogP contribution in [0.4, 0.5) is 5.88 Å². The van der Waals surface area contributed by atoms with Gasteiger partial charge in [-0.15, -0.1) is 0 Å². The van der Waals surface area contributed by atoms with Gasteiger partial charge in [-0.05, 0) is 17.7 Å². The van der Waals surface area contributed by atoms with Crippen LogP contribution in [0, 0.1) is 11.3 Å². The first-order chi connectivity index (χ1) is 13.8. The molecule has 0 aliphatic heterocycles. The first-order valence-corrected chi connectivity index (χ1v) is 8.67. The molecule has 1 N–H and O–H groups in total. The Bertz CT molecular complexity index is 1150. The van der Waals surface area contributed by atoms with Crippen LogP contribution in [-0.4, -0.2) is 10.9 Å². The van der Waals surface area contributed by atoms with Crippen molar-refractivity contribution in [3.63, 3.8) is 0 Å². The topological polar surface area (TPSA) is 78.9 Å². The van der Waals surface area contributed by atoms with Crippen molar-refractivity contribution in [2.24, 2.45) is 0 Å². The van der Waals surface area contributed by atoms with Crippen molar-refractivity contribution < 1.29 is 9.21 Å².